The molecule has 1 aromatic carbocycles. The Hall–Kier alpha value is -1.81. The molecule has 0 amide bonds. The van der Waals surface area contributed by atoms with Crippen molar-refractivity contribution in [3.8, 4) is 0 Å². The molecule has 0 saturated heterocycles. The fraction of sp³-hybridized carbons (Fsp3) is 0.267. The van der Waals surface area contributed by atoms with Crippen LogP contribution >= 0.6 is 12.2 Å². The second-order valence-electron chi connectivity index (χ2n) is 4.68. The summed E-state index contributed by atoms with van der Waals surface area (Å²) < 4.78 is 5.29. The van der Waals surface area contributed by atoms with Crippen LogP contribution in [-0.4, -0.2) is 16.6 Å². The molecule has 3 nitrogen and oxygen atoms in total. The number of nitrogens with one attached hydrogen (secondary N) is 1. The van der Waals surface area contributed by atoms with Gasteiger partial charge in [-0.3, -0.25) is 0 Å². The smallest absolute Gasteiger partial charge is 0.169 e. The molecule has 2 aromatic rings. The molecule has 0 unspecified atom stereocenters. The van der Waals surface area contributed by atoms with E-state index < -0.39 is 0 Å². The van der Waals surface area contributed by atoms with Crippen molar-refractivity contribution in [2.75, 3.05) is 6.54 Å². The minimum absolute atomic E-state index is 0.643. The van der Waals surface area contributed by atoms with Crippen molar-refractivity contribution in [2.24, 2.45) is 0 Å². The molecule has 3 rings (SSSR count). The largest absolute Gasteiger partial charge is 0.467 e. The number of rotatable bonds is 2. The fourth-order valence-electron chi connectivity index (χ4n) is 2.36. The van der Waals surface area contributed by atoms with Crippen molar-refractivity contribution in [3.63, 3.8) is 0 Å². The number of furan rings is 1. The minimum Gasteiger partial charge on any atom is -0.467 e. The summed E-state index contributed by atoms with van der Waals surface area (Å²) >= 11 is 5.45. The Morgan fingerprint density at radius 2 is 2.05 bits per heavy atom. The number of thiocarbonyl (C=S) groups is 1. The van der Waals surface area contributed by atoms with Gasteiger partial charge in [-0.1, -0.05) is 24.3 Å². The van der Waals surface area contributed by atoms with Gasteiger partial charge in [-0.05, 0) is 41.9 Å². The van der Waals surface area contributed by atoms with Crippen molar-refractivity contribution in [3.05, 3.63) is 59.5 Å². The predicted molar refractivity (Wildman–Crippen MR) is 78.7 cm³/mol. The average Bonchev–Trinajstić information content (AvgIpc) is 2.97. The van der Waals surface area contributed by atoms with E-state index in [1.807, 2.05) is 12.1 Å². The van der Waals surface area contributed by atoms with Crippen molar-refractivity contribution >= 4 is 17.3 Å². The lowest BCUT2D eigenvalue weighted by molar-refractivity contribution is 0.384. The van der Waals surface area contributed by atoms with Crippen LogP contribution in [0.5, 0.6) is 0 Å². The van der Waals surface area contributed by atoms with E-state index >= 15 is 0 Å². The summed E-state index contributed by atoms with van der Waals surface area (Å²) in [6.45, 7) is 2.51. The van der Waals surface area contributed by atoms with Crippen molar-refractivity contribution in [2.45, 2.75) is 19.5 Å². The molecule has 0 fully saturated rings. The highest BCUT2D eigenvalue weighted by atomic mass is 32.1. The van der Waals surface area contributed by atoms with Gasteiger partial charge >= 0.3 is 0 Å². The summed E-state index contributed by atoms with van der Waals surface area (Å²) in [5, 5.41) is 4.05. The number of fused-ring (bicyclic) bond motifs is 1. The third-order valence-electron chi connectivity index (χ3n) is 3.41. The zero-order chi connectivity index (χ0) is 13.1. The summed E-state index contributed by atoms with van der Waals surface area (Å²) in [6, 6.07) is 12.4. The molecule has 1 aromatic heterocycles. The molecule has 98 valence electrons. The first-order valence-corrected chi connectivity index (χ1v) is 6.86. The number of hydrogen-bond acceptors (Lipinski definition) is 2. The summed E-state index contributed by atoms with van der Waals surface area (Å²) in [6.07, 6.45) is 2.73. The average molecular weight is 272 g/mol. The summed E-state index contributed by atoms with van der Waals surface area (Å²) in [4.78, 5) is 2.21. The molecule has 1 N–H and O–H groups in total. The van der Waals surface area contributed by atoms with Gasteiger partial charge < -0.3 is 14.6 Å². The lowest BCUT2D eigenvalue weighted by Gasteiger charge is -2.31. The van der Waals surface area contributed by atoms with E-state index in [4.69, 9.17) is 16.6 Å². The number of nitrogens with zero attached hydrogens (tertiary/aromatic N) is 1. The van der Waals surface area contributed by atoms with Gasteiger partial charge in [0.2, 0.25) is 0 Å². The highest BCUT2D eigenvalue weighted by Gasteiger charge is 2.17. The molecule has 0 saturated carbocycles. The number of hydrogen-bond donors (Lipinski definition) is 1. The van der Waals surface area contributed by atoms with Crippen molar-refractivity contribution < 1.29 is 4.42 Å². The van der Waals surface area contributed by atoms with Crippen molar-refractivity contribution in [1.29, 1.82) is 0 Å². The molecule has 0 bridgehead atoms. The van der Waals surface area contributed by atoms with E-state index in [1.54, 1.807) is 6.26 Å². The third-order valence-corrected chi connectivity index (χ3v) is 3.81. The van der Waals surface area contributed by atoms with E-state index in [2.05, 4.69) is 34.5 Å². The summed E-state index contributed by atoms with van der Waals surface area (Å²) in [5.74, 6) is 0.903. The summed E-state index contributed by atoms with van der Waals surface area (Å²) in [7, 11) is 0. The SMILES string of the molecule is S=C(NCc1ccco1)N1CCc2ccccc2C1. The van der Waals surface area contributed by atoms with Gasteiger partial charge in [-0.15, -0.1) is 0 Å². The first kappa shape index (κ1) is 12.2. The molecule has 19 heavy (non-hydrogen) atoms. The lowest BCUT2D eigenvalue weighted by atomic mass is 10.0. The highest BCUT2D eigenvalue weighted by Crippen LogP contribution is 2.18. The predicted octanol–water partition coefficient (Wildman–Crippen LogP) is 2.71. The molecule has 0 atom stereocenters. The maximum Gasteiger partial charge on any atom is 0.169 e. The Morgan fingerprint density at radius 3 is 2.84 bits per heavy atom. The minimum atomic E-state index is 0.643. The first-order chi connectivity index (χ1) is 9.33. The van der Waals surface area contributed by atoms with Gasteiger partial charge in [0.15, 0.2) is 5.11 Å². The summed E-state index contributed by atoms with van der Waals surface area (Å²) in [5.41, 5.74) is 2.81. The zero-order valence-electron chi connectivity index (χ0n) is 10.6. The molecule has 0 radical (unpaired) electrons. The lowest BCUT2D eigenvalue weighted by Crippen LogP contribution is -2.42. The zero-order valence-corrected chi connectivity index (χ0v) is 11.5. The molecule has 1 aliphatic heterocycles. The van der Waals surface area contributed by atoms with Gasteiger partial charge in [0.25, 0.3) is 0 Å². The molecule has 2 heterocycles. The van der Waals surface area contributed by atoms with Crippen LogP contribution < -0.4 is 5.32 Å². The molecule has 0 spiro atoms. The Morgan fingerprint density at radius 1 is 1.21 bits per heavy atom. The highest BCUT2D eigenvalue weighted by molar-refractivity contribution is 7.80. The van der Waals surface area contributed by atoms with E-state index in [0.717, 1.165) is 30.4 Å². The van der Waals surface area contributed by atoms with E-state index in [9.17, 15) is 0 Å². The van der Waals surface area contributed by atoms with Crippen LogP contribution in [0.4, 0.5) is 0 Å². The topological polar surface area (TPSA) is 28.4 Å². The second kappa shape index (κ2) is 5.45. The van der Waals surface area contributed by atoms with E-state index in [0.29, 0.717) is 6.54 Å². The standard InChI is InChI=1S/C15H16N2OS/c19-15(16-10-14-6-3-9-18-14)17-8-7-12-4-1-2-5-13(12)11-17/h1-6,9H,7-8,10-11H2,(H,16,19). The maximum atomic E-state index is 5.45. The second-order valence-corrected chi connectivity index (χ2v) is 5.07. The van der Waals surface area contributed by atoms with Gasteiger partial charge in [0.05, 0.1) is 12.8 Å². The van der Waals surface area contributed by atoms with Gasteiger partial charge in [0, 0.05) is 13.1 Å². The van der Waals surface area contributed by atoms with Crippen LogP contribution in [0.2, 0.25) is 0 Å². The Balaban J connectivity index is 1.60. The van der Waals surface area contributed by atoms with Gasteiger partial charge in [-0.25, -0.2) is 0 Å². The Kier molecular flexibility index (Phi) is 3.51. The Bertz CT molecular complexity index is 565. The maximum absolute atomic E-state index is 5.45. The molecule has 4 heteroatoms. The van der Waals surface area contributed by atoms with Crippen LogP contribution in [0.15, 0.2) is 47.1 Å². The van der Waals surface area contributed by atoms with Gasteiger partial charge in [-0.2, -0.15) is 0 Å². The quantitative estimate of drug-likeness (QED) is 0.851. The number of benzene rings is 1. The molecular weight excluding hydrogens is 256 g/mol. The Labute approximate surface area is 118 Å². The van der Waals surface area contributed by atoms with Crippen LogP contribution in [0.3, 0.4) is 0 Å². The fourth-order valence-corrected chi connectivity index (χ4v) is 2.58. The monoisotopic (exact) mass is 272 g/mol. The van der Waals surface area contributed by atoms with Crippen LogP contribution in [0, 0.1) is 0 Å². The molecule has 1 aliphatic rings. The molecular formula is C15H16N2OS. The van der Waals surface area contributed by atoms with Gasteiger partial charge in [0.1, 0.15) is 5.76 Å². The molecule has 0 aliphatic carbocycles. The van der Waals surface area contributed by atoms with Crippen LogP contribution in [0.25, 0.3) is 0 Å². The van der Waals surface area contributed by atoms with E-state index in [-0.39, 0.29) is 0 Å². The first-order valence-electron chi connectivity index (χ1n) is 6.45. The van der Waals surface area contributed by atoms with Crippen molar-refractivity contribution in [1.82, 2.24) is 10.2 Å². The van der Waals surface area contributed by atoms with Crippen LogP contribution in [0.1, 0.15) is 16.9 Å². The van der Waals surface area contributed by atoms with E-state index in [1.165, 1.54) is 11.1 Å². The normalized spacial score (nSPS) is 14.0. The third kappa shape index (κ3) is 2.79. The van der Waals surface area contributed by atoms with Crippen LogP contribution in [-0.2, 0) is 19.5 Å².